The lowest BCUT2D eigenvalue weighted by Crippen LogP contribution is -2.44. The van der Waals surface area contributed by atoms with Crippen LogP contribution in [0.3, 0.4) is 0 Å². The monoisotopic (exact) mass is 287 g/mol. The van der Waals surface area contributed by atoms with Crippen molar-refractivity contribution in [2.24, 2.45) is 5.92 Å². The van der Waals surface area contributed by atoms with Gasteiger partial charge in [0, 0.05) is 30.9 Å². The number of nitrogens with zero attached hydrogens (tertiary/aromatic N) is 5. The second-order valence-electron chi connectivity index (χ2n) is 6.04. The van der Waals surface area contributed by atoms with Crippen molar-refractivity contribution in [3.8, 4) is 0 Å². The molecule has 7 heteroatoms. The zero-order valence-electron chi connectivity index (χ0n) is 11.6. The van der Waals surface area contributed by atoms with Gasteiger partial charge in [-0.2, -0.15) is 0 Å². The van der Waals surface area contributed by atoms with E-state index in [0.717, 1.165) is 37.1 Å². The van der Waals surface area contributed by atoms with Crippen molar-refractivity contribution in [3.05, 3.63) is 18.7 Å². The van der Waals surface area contributed by atoms with E-state index in [1.54, 1.807) is 12.5 Å². The molecule has 21 heavy (non-hydrogen) atoms. The molecule has 2 aromatic rings. The molecule has 1 N–H and O–H groups in total. The first kappa shape index (κ1) is 12.6. The number of carboxylic acid groups (broad SMARTS) is 1. The Morgan fingerprint density at radius 1 is 1.33 bits per heavy atom. The highest BCUT2D eigenvalue weighted by molar-refractivity contribution is 5.68. The van der Waals surface area contributed by atoms with E-state index in [2.05, 4.69) is 20.1 Å². The molecule has 110 valence electrons. The highest BCUT2D eigenvalue weighted by Gasteiger charge is 2.42. The first-order chi connectivity index (χ1) is 10.2. The van der Waals surface area contributed by atoms with E-state index in [-0.39, 0.29) is 12.3 Å². The molecule has 0 radical (unpaired) electrons. The standard InChI is InChI=1S/C14H17N5O2/c20-12(21)7-9-5-10-1-2-11(6-9)19(10)13-14-17-16-8-18(14)4-3-15-13/h3-4,8-11H,1-2,5-7H2,(H,20,21). The van der Waals surface area contributed by atoms with Crippen molar-refractivity contribution in [1.82, 2.24) is 19.6 Å². The number of hydrogen-bond acceptors (Lipinski definition) is 5. The first-order valence-electron chi connectivity index (χ1n) is 7.37. The van der Waals surface area contributed by atoms with Crippen molar-refractivity contribution in [1.29, 1.82) is 0 Å². The fourth-order valence-corrected chi connectivity index (χ4v) is 3.98. The molecule has 4 heterocycles. The number of anilines is 1. The maximum atomic E-state index is 10.9. The molecule has 0 spiro atoms. The second-order valence-corrected chi connectivity index (χ2v) is 6.04. The molecular weight excluding hydrogens is 270 g/mol. The Morgan fingerprint density at radius 3 is 2.81 bits per heavy atom. The third kappa shape index (κ3) is 2.03. The van der Waals surface area contributed by atoms with Gasteiger partial charge in [-0.15, -0.1) is 10.2 Å². The van der Waals surface area contributed by atoms with E-state index in [4.69, 9.17) is 5.11 Å². The summed E-state index contributed by atoms with van der Waals surface area (Å²) in [6.07, 6.45) is 9.66. The average Bonchev–Trinajstić information content (AvgIpc) is 3.01. The quantitative estimate of drug-likeness (QED) is 0.917. The van der Waals surface area contributed by atoms with E-state index < -0.39 is 5.97 Å². The molecule has 7 nitrogen and oxygen atoms in total. The van der Waals surface area contributed by atoms with Crippen molar-refractivity contribution in [3.63, 3.8) is 0 Å². The Bertz CT molecular complexity index is 671. The summed E-state index contributed by atoms with van der Waals surface area (Å²) >= 11 is 0. The lowest BCUT2D eigenvalue weighted by molar-refractivity contribution is -0.138. The van der Waals surface area contributed by atoms with Gasteiger partial charge in [-0.3, -0.25) is 9.20 Å². The van der Waals surface area contributed by atoms with Gasteiger partial charge in [-0.05, 0) is 31.6 Å². The molecule has 2 aliphatic heterocycles. The van der Waals surface area contributed by atoms with Crippen LogP contribution in [-0.4, -0.2) is 42.7 Å². The average molecular weight is 287 g/mol. The number of hydrogen-bond donors (Lipinski definition) is 1. The first-order valence-corrected chi connectivity index (χ1v) is 7.37. The Hall–Kier alpha value is -2.18. The summed E-state index contributed by atoms with van der Waals surface area (Å²) in [5, 5.41) is 17.1. The lowest BCUT2D eigenvalue weighted by Gasteiger charge is -2.39. The minimum absolute atomic E-state index is 0.281. The van der Waals surface area contributed by atoms with Crippen LogP contribution in [0.1, 0.15) is 32.1 Å². The number of aliphatic carboxylic acids is 1. The van der Waals surface area contributed by atoms with E-state index in [1.165, 1.54) is 0 Å². The van der Waals surface area contributed by atoms with Gasteiger partial charge in [0.1, 0.15) is 6.33 Å². The van der Waals surface area contributed by atoms with Crippen LogP contribution in [0.25, 0.3) is 5.65 Å². The topological polar surface area (TPSA) is 83.6 Å². The molecule has 2 aromatic heterocycles. The molecule has 2 atom stereocenters. The summed E-state index contributed by atoms with van der Waals surface area (Å²) in [5.74, 6) is 0.482. The van der Waals surface area contributed by atoms with E-state index >= 15 is 0 Å². The Kier molecular flexibility index (Phi) is 2.80. The zero-order chi connectivity index (χ0) is 14.4. The van der Waals surface area contributed by atoms with Gasteiger partial charge in [0.15, 0.2) is 5.82 Å². The summed E-state index contributed by atoms with van der Waals surface area (Å²) in [4.78, 5) is 17.8. The van der Waals surface area contributed by atoms with E-state index in [1.807, 2.05) is 10.6 Å². The van der Waals surface area contributed by atoms with Crippen molar-refractivity contribution in [2.75, 3.05) is 4.90 Å². The molecular formula is C14H17N5O2. The molecule has 2 unspecified atom stereocenters. The SMILES string of the molecule is O=C(O)CC1CC2CCC(C1)N2c1nccn2cnnc12. The molecule has 2 saturated heterocycles. The highest BCUT2D eigenvalue weighted by Crippen LogP contribution is 2.42. The van der Waals surface area contributed by atoms with Crippen LogP contribution in [0.2, 0.25) is 0 Å². The summed E-state index contributed by atoms with van der Waals surface area (Å²) in [5.41, 5.74) is 0.783. The van der Waals surface area contributed by atoms with E-state index in [9.17, 15) is 4.79 Å². The van der Waals surface area contributed by atoms with Gasteiger partial charge in [0.05, 0.1) is 0 Å². The highest BCUT2D eigenvalue weighted by atomic mass is 16.4. The Morgan fingerprint density at radius 2 is 2.10 bits per heavy atom. The fourth-order valence-electron chi connectivity index (χ4n) is 3.98. The molecule has 4 rings (SSSR count). The number of carboxylic acids is 1. The predicted molar refractivity (Wildman–Crippen MR) is 75.0 cm³/mol. The summed E-state index contributed by atoms with van der Waals surface area (Å²) in [6.45, 7) is 0. The van der Waals surface area contributed by atoms with Gasteiger partial charge in [-0.1, -0.05) is 0 Å². The second kappa shape index (κ2) is 4.68. The molecule has 0 aromatic carbocycles. The number of rotatable bonds is 3. The van der Waals surface area contributed by atoms with Crippen LogP contribution < -0.4 is 4.90 Å². The van der Waals surface area contributed by atoms with Crippen LogP contribution >= 0.6 is 0 Å². The van der Waals surface area contributed by atoms with Gasteiger partial charge in [0.2, 0.25) is 5.65 Å². The number of carbonyl (C=O) groups is 1. The Labute approximate surface area is 121 Å². The molecule has 2 bridgehead atoms. The minimum Gasteiger partial charge on any atom is -0.481 e. The number of piperidine rings is 1. The normalized spacial score (nSPS) is 28.2. The van der Waals surface area contributed by atoms with Crippen molar-refractivity contribution >= 4 is 17.4 Å². The van der Waals surface area contributed by atoms with Gasteiger partial charge < -0.3 is 10.0 Å². The zero-order valence-corrected chi connectivity index (χ0v) is 11.6. The van der Waals surface area contributed by atoms with Crippen molar-refractivity contribution in [2.45, 2.75) is 44.2 Å². The lowest BCUT2D eigenvalue weighted by atomic mass is 9.88. The number of fused-ring (bicyclic) bond motifs is 3. The van der Waals surface area contributed by atoms with Gasteiger partial charge >= 0.3 is 5.97 Å². The predicted octanol–water partition coefficient (Wildman–Crippen LogP) is 1.35. The third-order valence-corrected chi connectivity index (χ3v) is 4.74. The maximum absolute atomic E-state index is 10.9. The largest absolute Gasteiger partial charge is 0.481 e. The maximum Gasteiger partial charge on any atom is 0.303 e. The fraction of sp³-hybridized carbons (Fsp3) is 0.571. The van der Waals surface area contributed by atoms with Gasteiger partial charge in [0.25, 0.3) is 0 Å². The number of aromatic nitrogens is 4. The van der Waals surface area contributed by atoms with E-state index in [0.29, 0.717) is 12.1 Å². The van der Waals surface area contributed by atoms with Crippen molar-refractivity contribution < 1.29 is 9.90 Å². The van der Waals surface area contributed by atoms with Crippen LogP contribution in [0.5, 0.6) is 0 Å². The summed E-state index contributed by atoms with van der Waals surface area (Å²) in [6, 6.07) is 0.756. The van der Waals surface area contributed by atoms with Crippen LogP contribution in [-0.2, 0) is 4.79 Å². The molecule has 2 aliphatic rings. The third-order valence-electron chi connectivity index (χ3n) is 4.74. The molecule has 0 amide bonds. The van der Waals surface area contributed by atoms with Crippen LogP contribution in [0.4, 0.5) is 5.82 Å². The molecule has 2 fully saturated rings. The molecule has 0 saturated carbocycles. The summed E-state index contributed by atoms with van der Waals surface area (Å²) in [7, 11) is 0. The van der Waals surface area contributed by atoms with Gasteiger partial charge in [-0.25, -0.2) is 4.98 Å². The van der Waals surface area contributed by atoms with Crippen LogP contribution in [0.15, 0.2) is 18.7 Å². The Balaban J connectivity index is 1.65. The summed E-state index contributed by atoms with van der Waals surface area (Å²) < 4.78 is 1.88. The van der Waals surface area contributed by atoms with Crippen LogP contribution in [0, 0.1) is 5.92 Å². The smallest absolute Gasteiger partial charge is 0.303 e. The molecule has 0 aliphatic carbocycles. The minimum atomic E-state index is -0.689.